The van der Waals surface area contributed by atoms with Gasteiger partial charge in [-0.15, -0.1) is 0 Å². The minimum atomic E-state index is 0.409. The van der Waals surface area contributed by atoms with Crippen molar-refractivity contribution in [1.82, 2.24) is 9.78 Å². The second-order valence-electron chi connectivity index (χ2n) is 2.55. The molecule has 1 aromatic rings. The van der Waals surface area contributed by atoms with Crippen molar-refractivity contribution >= 4 is 22.2 Å². The van der Waals surface area contributed by atoms with Gasteiger partial charge in [0, 0.05) is 13.0 Å². The predicted molar refractivity (Wildman–Crippen MR) is 45.4 cm³/mol. The van der Waals surface area contributed by atoms with E-state index >= 15 is 0 Å². The van der Waals surface area contributed by atoms with Crippen LogP contribution in [-0.4, -0.2) is 22.7 Å². The number of hydrogen-bond donors (Lipinski definition) is 0. The molecule has 0 saturated heterocycles. The highest BCUT2D eigenvalue weighted by molar-refractivity contribution is 9.10. The number of rotatable bonds is 1. The predicted octanol–water partition coefficient (Wildman–Crippen LogP) is 1.24. The molecule has 0 spiro atoms. The average molecular weight is 231 g/mol. The number of fused-ring (bicyclic) bond motifs is 1. The van der Waals surface area contributed by atoms with Crippen molar-refractivity contribution in [2.45, 2.75) is 13.0 Å². The van der Waals surface area contributed by atoms with E-state index < -0.39 is 0 Å². The summed E-state index contributed by atoms with van der Waals surface area (Å²) in [6.07, 6.45) is 1.66. The van der Waals surface area contributed by atoms with Crippen LogP contribution in [0.1, 0.15) is 16.9 Å². The number of aromatic nitrogens is 2. The Bertz CT molecular complexity index is 321. The van der Waals surface area contributed by atoms with Gasteiger partial charge in [-0.3, -0.25) is 4.79 Å². The molecular formula is C7H7BrN2O2. The molecule has 1 aliphatic heterocycles. The number of aldehydes is 1. The summed E-state index contributed by atoms with van der Waals surface area (Å²) in [6.45, 7) is 1.52. The van der Waals surface area contributed by atoms with Gasteiger partial charge in [0.25, 0.3) is 0 Å². The van der Waals surface area contributed by atoms with Crippen molar-refractivity contribution in [3.63, 3.8) is 0 Å². The molecule has 1 aromatic heterocycles. The van der Waals surface area contributed by atoms with Crippen molar-refractivity contribution in [3.05, 3.63) is 10.2 Å². The van der Waals surface area contributed by atoms with Crippen LogP contribution in [0.25, 0.3) is 0 Å². The molecule has 0 saturated carbocycles. The molecule has 12 heavy (non-hydrogen) atoms. The van der Waals surface area contributed by atoms with Crippen LogP contribution in [0.3, 0.4) is 0 Å². The van der Waals surface area contributed by atoms with Crippen molar-refractivity contribution in [1.29, 1.82) is 0 Å². The van der Waals surface area contributed by atoms with Gasteiger partial charge < -0.3 is 4.74 Å². The van der Waals surface area contributed by atoms with E-state index in [-0.39, 0.29) is 0 Å². The van der Waals surface area contributed by atoms with Crippen LogP contribution in [0.5, 0.6) is 5.88 Å². The molecule has 2 rings (SSSR count). The van der Waals surface area contributed by atoms with E-state index in [2.05, 4.69) is 21.0 Å². The highest BCUT2D eigenvalue weighted by atomic mass is 79.9. The smallest absolute Gasteiger partial charge is 0.227 e. The molecule has 0 fully saturated rings. The quantitative estimate of drug-likeness (QED) is 0.683. The largest absolute Gasteiger partial charge is 0.477 e. The molecule has 0 atom stereocenters. The summed E-state index contributed by atoms with van der Waals surface area (Å²) in [5.41, 5.74) is 0.409. The first-order chi connectivity index (χ1) is 5.83. The molecule has 2 heterocycles. The second kappa shape index (κ2) is 2.90. The monoisotopic (exact) mass is 230 g/mol. The maximum absolute atomic E-state index is 10.5. The van der Waals surface area contributed by atoms with Crippen LogP contribution >= 0.6 is 15.9 Å². The molecule has 64 valence electrons. The fraction of sp³-hybridized carbons (Fsp3) is 0.429. The second-order valence-corrected chi connectivity index (χ2v) is 3.34. The first-order valence-electron chi connectivity index (χ1n) is 3.67. The van der Waals surface area contributed by atoms with E-state index in [1.165, 1.54) is 0 Å². The number of aryl methyl sites for hydroxylation is 1. The average Bonchev–Trinajstić information content (AvgIpc) is 2.44. The van der Waals surface area contributed by atoms with Crippen molar-refractivity contribution in [2.75, 3.05) is 6.61 Å². The molecule has 5 heteroatoms. The zero-order valence-corrected chi connectivity index (χ0v) is 7.87. The molecule has 0 aromatic carbocycles. The number of nitrogens with zero attached hydrogens (tertiary/aromatic N) is 2. The summed E-state index contributed by atoms with van der Waals surface area (Å²) in [5.74, 6) is 0.670. The fourth-order valence-electron chi connectivity index (χ4n) is 1.19. The van der Waals surface area contributed by atoms with Crippen molar-refractivity contribution in [2.24, 2.45) is 0 Å². The van der Waals surface area contributed by atoms with Gasteiger partial charge >= 0.3 is 0 Å². The number of halogens is 1. The number of carbonyl (C=O) groups is 1. The van der Waals surface area contributed by atoms with E-state index in [9.17, 15) is 4.79 Å². The van der Waals surface area contributed by atoms with Gasteiger partial charge in [-0.1, -0.05) is 0 Å². The highest BCUT2D eigenvalue weighted by Gasteiger charge is 2.19. The van der Waals surface area contributed by atoms with Crippen LogP contribution in [0, 0.1) is 0 Å². The molecule has 0 N–H and O–H groups in total. The van der Waals surface area contributed by atoms with Gasteiger partial charge in [-0.25, -0.2) is 4.68 Å². The zero-order chi connectivity index (χ0) is 8.55. The summed E-state index contributed by atoms with van der Waals surface area (Å²) >= 11 is 3.26. The SMILES string of the molecule is O=Cc1nn2c(c1Br)OCCC2. The Morgan fingerprint density at radius 2 is 2.50 bits per heavy atom. The van der Waals surface area contributed by atoms with Gasteiger partial charge in [0.15, 0.2) is 6.29 Å². The van der Waals surface area contributed by atoms with E-state index in [0.29, 0.717) is 22.7 Å². The molecule has 0 aliphatic carbocycles. The standard InChI is InChI=1S/C7H7BrN2O2/c8-6-5(4-11)9-10-2-1-3-12-7(6)10/h4H,1-3H2. The van der Waals surface area contributed by atoms with Gasteiger partial charge in [0.2, 0.25) is 5.88 Å². The third kappa shape index (κ3) is 1.04. The van der Waals surface area contributed by atoms with Gasteiger partial charge in [-0.05, 0) is 15.9 Å². The lowest BCUT2D eigenvalue weighted by molar-refractivity contribution is 0.111. The molecule has 4 nitrogen and oxygen atoms in total. The minimum absolute atomic E-state index is 0.409. The van der Waals surface area contributed by atoms with Gasteiger partial charge in [0.05, 0.1) is 6.61 Å². The molecule has 0 unspecified atom stereocenters. The third-order valence-corrected chi connectivity index (χ3v) is 2.49. The van der Waals surface area contributed by atoms with Crippen LogP contribution in [0.15, 0.2) is 4.47 Å². The Morgan fingerprint density at radius 1 is 1.67 bits per heavy atom. The van der Waals surface area contributed by atoms with Gasteiger partial charge in [0.1, 0.15) is 10.2 Å². The van der Waals surface area contributed by atoms with Crippen molar-refractivity contribution in [3.8, 4) is 5.88 Å². The molecule has 1 aliphatic rings. The third-order valence-electron chi connectivity index (χ3n) is 1.74. The van der Waals surface area contributed by atoms with Crippen molar-refractivity contribution < 1.29 is 9.53 Å². The number of carbonyl (C=O) groups excluding carboxylic acids is 1. The fourth-order valence-corrected chi connectivity index (χ4v) is 1.68. The topological polar surface area (TPSA) is 44.1 Å². The number of hydrogen-bond acceptors (Lipinski definition) is 3. The summed E-state index contributed by atoms with van der Waals surface area (Å²) in [4.78, 5) is 10.5. The van der Waals surface area contributed by atoms with E-state index in [1.807, 2.05) is 0 Å². The maximum Gasteiger partial charge on any atom is 0.227 e. The Kier molecular flexibility index (Phi) is 1.88. The number of ether oxygens (including phenoxy) is 1. The Morgan fingerprint density at radius 3 is 3.17 bits per heavy atom. The first kappa shape index (κ1) is 7.79. The lowest BCUT2D eigenvalue weighted by Gasteiger charge is -2.14. The van der Waals surface area contributed by atoms with Crippen LogP contribution in [-0.2, 0) is 6.54 Å². The maximum atomic E-state index is 10.5. The van der Waals surface area contributed by atoms with E-state index in [0.717, 1.165) is 19.3 Å². The van der Waals surface area contributed by atoms with E-state index in [4.69, 9.17) is 4.74 Å². The lowest BCUT2D eigenvalue weighted by Crippen LogP contribution is -2.14. The Labute approximate surface area is 77.6 Å². The summed E-state index contributed by atoms with van der Waals surface area (Å²) in [5, 5.41) is 4.05. The molecule has 0 radical (unpaired) electrons. The summed E-state index contributed by atoms with van der Waals surface area (Å²) in [6, 6.07) is 0. The first-order valence-corrected chi connectivity index (χ1v) is 4.46. The highest BCUT2D eigenvalue weighted by Crippen LogP contribution is 2.29. The molecule has 0 bridgehead atoms. The van der Waals surface area contributed by atoms with Crippen LogP contribution < -0.4 is 4.74 Å². The van der Waals surface area contributed by atoms with E-state index in [1.54, 1.807) is 4.68 Å². The molecule has 0 amide bonds. The Balaban J connectivity index is 2.51. The summed E-state index contributed by atoms with van der Waals surface area (Å²) in [7, 11) is 0. The summed E-state index contributed by atoms with van der Waals surface area (Å²) < 4.78 is 7.70. The lowest BCUT2D eigenvalue weighted by atomic mass is 10.4. The minimum Gasteiger partial charge on any atom is -0.477 e. The van der Waals surface area contributed by atoms with Gasteiger partial charge in [-0.2, -0.15) is 5.10 Å². The van der Waals surface area contributed by atoms with Crippen LogP contribution in [0.2, 0.25) is 0 Å². The zero-order valence-electron chi connectivity index (χ0n) is 6.29. The normalized spacial score (nSPS) is 15.1. The Hall–Kier alpha value is -0.840. The van der Waals surface area contributed by atoms with Crippen LogP contribution in [0.4, 0.5) is 0 Å². The molecular weight excluding hydrogens is 224 g/mol.